The largest absolute Gasteiger partial charge is 0.396 e. The molecule has 2 heterocycles. The molecular weight excluding hydrogens is 178 g/mol. The van der Waals surface area contributed by atoms with Gasteiger partial charge in [0.2, 0.25) is 0 Å². The second-order valence-corrected chi connectivity index (χ2v) is 3.37. The lowest BCUT2D eigenvalue weighted by Gasteiger charge is -1.98. The number of hydrogen-bond acceptors (Lipinski definition) is 3. The van der Waals surface area contributed by atoms with Gasteiger partial charge in [-0.2, -0.15) is 10.2 Å². The highest BCUT2D eigenvalue weighted by atomic mass is 15.3. The average molecular weight is 191 g/mol. The standard InChI is InChI=1S/C9H13N5/c1-6-4-8(12-13(6)2)9-7(10)5-11-14(9)3/h4-5H,10H2,1-3H3. The first-order chi connectivity index (χ1) is 6.59. The van der Waals surface area contributed by atoms with Crippen LogP contribution in [0.3, 0.4) is 0 Å². The SMILES string of the molecule is Cc1cc(-c2c(N)cnn2C)nn1C. The normalized spacial score (nSPS) is 10.8. The molecule has 2 rings (SSSR count). The van der Waals surface area contributed by atoms with Gasteiger partial charge in [-0.1, -0.05) is 0 Å². The first-order valence-corrected chi connectivity index (χ1v) is 4.38. The monoisotopic (exact) mass is 191 g/mol. The molecule has 0 aromatic carbocycles. The maximum atomic E-state index is 5.80. The predicted octanol–water partition coefficient (Wildman–Crippen LogP) is 0.711. The maximum absolute atomic E-state index is 5.80. The minimum Gasteiger partial charge on any atom is -0.396 e. The number of nitrogens with zero attached hydrogens (tertiary/aromatic N) is 4. The highest BCUT2D eigenvalue weighted by molar-refractivity contribution is 5.69. The Kier molecular flexibility index (Phi) is 1.80. The number of anilines is 1. The number of nitrogen functional groups attached to an aromatic ring is 1. The van der Waals surface area contributed by atoms with E-state index in [1.807, 2.05) is 31.8 Å². The molecule has 2 N–H and O–H groups in total. The summed E-state index contributed by atoms with van der Waals surface area (Å²) in [6.45, 7) is 2.00. The maximum Gasteiger partial charge on any atom is 0.113 e. The van der Waals surface area contributed by atoms with Crippen molar-refractivity contribution in [2.24, 2.45) is 14.1 Å². The molecule has 0 aliphatic heterocycles. The Morgan fingerprint density at radius 2 is 2.00 bits per heavy atom. The molecule has 0 aliphatic rings. The van der Waals surface area contributed by atoms with Gasteiger partial charge in [0.1, 0.15) is 11.4 Å². The Morgan fingerprint density at radius 1 is 1.29 bits per heavy atom. The van der Waals surface area contributed by atoms with Crippen molar-refractivity contribution in [1.82, 2.24) is 19.6 Å². The zero-order chi connectivity index (χ0) is 10.3. The molecule has 0 saturated heterocycles. The minimum absolute atomic E-state index is 0.658. The molecule has 2 aromatic rings. The van der Waals surface area contributed by atoms with E-state index in [0.29, 0.717) is 5.69 Å². The first kappa shape index (κ1) is 8.80. The molecule has 14 heavy (non-hydrogen) atoms. The molecule has 0 atom stereocenters. The lowest BCUT2D eigenvalue weighted by molar-refractivity contribution is 0.732. The van der Waals surface area contributed by atoms with Crippen molar-refractivity contribution in [2.45, 2.75) is 6.92 Å². The minimum atomic E-state index is 0.658. The third-order valence-corrected chi connectivity index (χ3v) is 2.32. The van der Waals surface area contributed by atoms with Gasteiger partial charge in [-0.05, 0) is 13.0 Å². The fraction of sp³-hybridized carbons (Fsp3) is 0.333. The third-order valence-electron chi connectivity index (χ3n) is 2.32. The molecule has 5 heteroatoms. The summed E-state index contributed by atoms with van der Waals surface area (Å²) < 4.78 is 3.55. The van der Waals surface area contributed by atoms with Crippen molar-refractivity contribution in [3.8, 4) is 11.4 Å². The predicted molar refractivity (Wildman–Crippen MR) is 54.6 cm³/mol. The van der Waals surface area contributed by atoms with E-state index in [1.165, 1.54) is 0 Å². The summed E-state index contributed by atoms with van der Waals surface area (Å²) in [5, 5.41) is 8.42. The molecule has 0 aliphatic carbocycles. The summed E-state index contributed by atoms with van der Waals surface area (Å²) in [6.07, 6.45) is 1.64. The number of aromatic nitrogens is 4. The van der Waals surface area contributed by atoms with E-state index >= 15 is 0 Å². The van der Waals surface area contributed by atoms with Gasteiger partial charge >= 0.3 is 0 Å². The van der Waals surface area contributed by atoms with Crippen LogP contribution in [0.2, 0.25) is 0 Å². The van der Waals surface area contributed by atoms with Crippen LogP contribution in [0.15, 0.2) is 12.3 Å². The lowest BCUT2D eigenvalue weighted by atomic mass is 10.2. The highest BCUT2D eigenvalue weighted by Crippen LogP contribution is 2.23. The third kappa shape index (κ3) is 1.17. The van der Waals surface area contributed by atoms with Crippen molar-refractivity contribution in [1.29, 1.82) is 0 Å². The second kappa shape index (κ2) is 2.87. The van der Waals surface area contributed by atoms with Crippen molar-refractivity contribution in [3.05, 3.63) is 18.0 Å². The van der Waals surface area contributed by atoms with Crippen LogP contribution < -0.4 is 5.73 Å². The molecule has 0 unspecified atom stereocenters. The van der Waals surface area contributed by atoms with Crippen LogP contribution in [-0.2, 0) is 14.1 Å². The van der Waals surface area contributed by atoms with E-state index in [1.54, 1.807) is 10.9 Å². The molecule has 74 valence electrons. The van der Waals surface area contributed by atoms with Gasteiger partial charge in [-0.15, -0.1) is 0 Å². The topological polar surface area (TPSA) is 61.7 Å². The average Bonchev–Trinajstić information content (AvgIpc) is 2.59. The van der Waals surface area contributed by atoms with Crippen LogP contribution >= 0.6 is 0 Å². The van der Waals surface area contributed by atoms with E-state index in [-0.39, 0.29) is 0 Å². The number of nitrogens with two attached hydrogens (primary N) is 1. The molecule has 5 nitrogen and oxygen atoms in total. The van der Waals surface area contributed by atoms with E-state index in [2.05, 4.69) is 10.2 Å². The van der Waals surface area contributed by atoms with Gasteiger partial charge < -0.3 is 5.73 Å². The molecular formula is C9H13N5. The van der Waals surface area contributed by atoms with E-state index in [0.717, 1.165) is 17.1 Å². The summed E-state index contributed by atoms with van der Waals surface area (Å²) >= 11 is 0. The van der Waals surface area contributed by atoms with Gasteiger partial charge in [-0.3, -0.25) is 9.36 Å². The van der Waals surface area contributed by atoms with E-state index < -0.39 is 0 Å². The fourth-order valence-corrected chi connectivity index (χ4v) is 1.44. The summed E-state index contributed by atoms with van der Waals surface area (Å²) in [5.74, 6) is 0. The lowest BCUT2D eigenvalue weighted by Crippen LogP contribution is -1.97. The molecule has 0 bridgehead atoms. The Balaban J connectivity index is 2.59. The highest BCUT2D eigenvalue weighted by Gasteiger charge is 2.11. The number of hydrogen-bond donors (Lipinski definition) is 1. The molecule has 0 saturated carbocycles. The molecule has 0 spiro atoms. The zero-order valence-corrected chi connectivity index (χ0v) is 8.52. The van der Waals surface area contributed by atoms with Crippen LogP contribution in [-0.4, -0.2) is 19.6 Å². The Morgan fingerprint density at radius 3 is 2.43 bits per heavy atom. The van der Waals surface area contributed by atoms with E-state index in [9.17, 15) is 0 Å². The van der Waals surface area contributed by atoms with Crippen LogP contribution in [0.5, 0.6) is 0 Å². The second-order valence-electron chi connectivity index (χ2n) is 3.37. The van der Waals surface area contributed by atoms with Crippen LogP contribution in [0.1, 0.15) is 5.69 Å². The van der Waals surface area contributed by atoms with Crippen molar-refractivity contribution in [3.63, 3.8) is 0 Å². The van der Waals surface area contributed by atoms with E-state index in [4.69, 9.17) is 5.73 Å². The first-order valence-electron chi connectivity index (χ1n) is 4.38. The summed E-state index contributed by atoms with van der Waals surface area (Å²) in [7, 11) is 3.76. The van der Waals surface area contributed by atoms with Gasteiger partial charge in [0.05, 0.1) is 11.9 Å². The quantitative estimate of drug-likeness (QED) is 0.722. The van der Waals surface area contributed by atoms with Crippen molar-refractivity contribution >= 4 is 5.69 Å². The molecule has 0 amide bonds. The van der Waals surface area contributed by atoms with Crippen molar-refractivity contribution in [2.75, 3.05) is 5.73 Å². The van der Waals surface area contributed by atoms with Gasteiger partial charge in [0.25, 0.3) is 0 Å². The van der Waals surface area contributed by atoms with Gasteiger partial charge in [0.15, 0.2) is 0 Å². The van der Waals surface area contributed by atoms with Crippen LogP contribution in [0.25, 0.3) is 11.4 Å². The fourth-order valence-electron chi connectivity index (χ4n) is 1.44. The Hall–Kier alpha value is -1.78. The summed E-state index contributed by atoms with van der Waals surface area (Å²) in [5.41, 5.74) is 9.29. The number of aryl methyl sites for hydroxylation is 3. The van der Waals surface area contributed by atoms with Gasteiger partial charge in [0, 0.05) is 19.8 Å². The Bertz CT molecular complexity index is 427. The summed E-state index contributed by atoms with van der Waals surface area (Å²) in [4.78, 5) is 0. The van der Waals surface area contributed by atoms with Crippen LogP contribution in [0.4, 0.5) is 5.69 Å². The molecule has 0 radical (unpaired) electrons. The zero-order valence-electron chi connectivity index (χ0n) is 8.52. The van der Waals surface area contributed by atoms with Gasteiger partial charge in [-0.25, -0.2) is 0 Å². The Labute approximate surface area is 82.1 Å². The smallest absolute Gasteiger partial charge is 0.113 e. The van der Waals surface area contributed by atoms with Crippen molar-refractivity contribution < 1.29 is 0 Å². The molecule has 0 fully saturated rings. The summed E-state index contributed by atoms with van der Waals surface area (Å²) in [6, 6.07) is 1.99. The van der Waals surface area contributed by atoms with Crippen LogP contribution in [0, 0.1) is 6.92 Å². The number of rotatable bonds is 1. The molecule has 2 aromatic heterocycles.